The summed E-state index contributed by atoms with van der Waals surface area (Å²) in [6, 6.07) is 87.8. The van der Waals surface area contributed by atoms with E-state index in [0.717, 1.165) is 42.8 Å². The molecular formula is C63H48NPb. The number of nitrogens with zero attached hydrogens (tertiary/aromatic N) is 1. The molecule has 1 atom stereocenters. The van der Waals surface area contributed by atoms with Crippen molar-refractivity contribution in [3.63, 3.8) is 0 Å². The van der Waals surface area contributed by atoms with Crippen LogP contribution in [0.1, 0.15) is 43.0 Å². The van der Waals surface area contributed by atoms with Gasteiger partial charge in [0.1, 0.15) is 0 Å². The van der Waals surface area contributed by atoms with Crippen LogP contribution in [0.2, 0.25) is 0 Å². The topological polar surface area (TPSA) is 3.24 Å². The molecule has 309 valence electrons. The van der Waals surface area contributed by atoms with Gasteiger partial charge in [0.15, 0.2) is 0 Å². The first-order valence-corrected chi connectivity index (χ1v) is 24.5. The quantitative estimate of drug-likeness (QED) is 0.137. The van der Waals surface area contributed by atoms with Crippen molar-refractivity contribution in [1.82, 2.24) is 0 Å². The summed E-state index contributed by atoms with van der Waals surface area (Å²) in [7, 11) is 0. The van der Waals surface area contributed by atoms with Crippen LogP contribution in [0.25, 0.3) is 66.4 Å². The number of fused-ring (bicyclic) bond motifs is 4. The van der Waals surface area contributed by atoms with E-state index in [0.29, 0.717) is 0 Å². The summed E-state index contributed by atoms with van der Waals surface area (Å²) in [4.78, 5) is 2.45. The summed E-state index contributed by atoms with van der Waals surface area (Å²) in [6.45, 7) is 6.87. The molecule has 0 aromatic heterocycles. The van der Waals surface area contributed by atoms with E-state index in [1.165, 1.54) is 88.7 Å². The summed E-state index contributed by atoms with van der Waals surface area (Å²) in [5.74, 6) is 0. The third-order valence-electron chi connectivity index (χ3n) is 13.3. The van der Waals surface area contributed by atoms with Crippen molar-refractivity contribution in [2.45, 2.75) is 29.2 Å². The predicted octanol–water partition coefficient (Wildman–Crippen LogP) is 16.7. The third-order valence-corrected chi connectivity index (χ3v) is 16.5. The Balaban J connectivity index is 1.13. The molecule has 10 aromatic rings. The van der Waals surface area contributed by atoms with E-state index >= 15 is 0 Å². The molecule has 65 heavy (non-hydrogen) atoms. The van der Waals surface area contributed by atoms with Gasteiger partial charge >= 0.3 is 372 Å². The van der Waals surface area contributed by atoms with Crippen molar-refractivity contribution < 1.29 is 0 Å². The molecule has 0 bridgehead atoms. The van der Waals surface area contributed by atoms with E-state index in [-0.39, 0.29) is 8.39 Å². The fourth-order valence-electron chi connectivity index (χ4n) is 9.99. The summed E-state index contributed by atoms with van der Waals surface area (Å²) in [5.41, 5.74) is 21.4. The Kier molecular flexibility index (Phi) is 10.5. The number of anilines is 3. The van der Waals surface area contributed by atoms with E-state index in [9.17, 15) is 0 Å². The monoisotopic (exact) mass is 1030 g/mol. The molecule has 1 nitrogen and oxygen atoms in total. The zero-order valence-corrected chi connectivity index (χ0v) is 40.9. The Morgan fingerprint density at radius 3 is 1.52 bits per heavy atom. The van der Waals surface area contributed by atoms with Crippen molar-refractivity contribution >= 4 is 53.6 Å². The molecule has 2 heteroatoms. The maximum absolute atomic E-state index is 2.51. The molecule has 1 aliphatic carbocycles. The molecule has 0 fully saturated rings. The summed E-state index contributed by atoms with van der Waals surface area (Å²) >= 11 is 0.852. The van der Waals surface area contributed by atoms with Crippen molar-refractivity contribution in [2.75, 3.05) is 4.90 Å². The van der Waals surface area contributed by atoms with E-state index in [4.69, 9.17) is 0 Å². The molecular weight excluding hydrogens is 978 g/mol. The van der Waals surface area contributed by atoms with Crippen LogP contribution in [0.15, 0.2) is 237 Å². The third kappa shape index (κ3) is 7.32. The zero-order valence-electron chi connectivity index (χ0n) is 37.0. The van der Waals surface area contributed by atoms with Crippen LogP contribution in [0.4, 0.5) is 17.1 Å². The average Bonchev–Trinajstić information content (AvgIpc) is 3.63. The molecule has 0 aliphatic heterocycles. The standard InChI is InChI=1S/C63H48N.Pb/c1-63(2,3)50-32-26-48(27-33-50)56-40-41-57(46-18-9-5-10-19-46)62-60(49-21-11-6-12-22-49)59-42-53(38-39-58(59)61(56)62)64(51-34-28-44(29-35-51)43-16-7-4-8-17-43)52-36-30-47(31-37-52)55-25-15-23-45-20-13-14-24-54(45)55;/h4-42H,1-3H3;. The summed E-state index contributed by atoms with van der Waals surface area (Å²) in [6.07, 6.45) is 0. The zero-order chi connectivity index (χ0) is 44.1. The molecule has 0 saturated carbocycles. The van der Waals surface area contributed by atoms with Gasteiger partial charge in [0, 0.05) is 0 Å². The Bertz CT molecular complexity index is 3310. The van der Waals surface area contributed by atoms with Gasteiger partial charge in [-0.3, -0.25) is 0 Å². The van der Waals surface area contributed by atoms with Crippen LogP contribution >= 0.6 is 0 Å². The Morgan fingerprint density at radius 1 is 0.385 bits per heavy atom. The number of rotatable bonds is 8. The second-order valence-electron chi connectivity index (χ2n) is 18.3. The van der Waals surface area contributed by atoms with Crippen LogP contribution in [0.5, 0.6) is 0 Å². The van der Waals surface area contributed by atoms with Gasteiger partial charge in [-0.15, -0.1) is 0 Å². The fraction of sp³-hybridized carbons (Fsp3) is 0.0794. The normalized spacial score (nSPS) is 14.2. The van der Waals surface area contributed by atoms with Crippen molar-refractivity contribution in [1.29, 1.82) is 0 Å². The maximum atomic E-state index is 2.51. The second-order valence-corrected chi connectivity index (χ2v) is 21.2. The van der Waals surface area contributed by atoms with Gasteiger partial charge in [0.25, 0.3) is 0 Å². The molecule has 3 radical (unpaired) electrons. The number of hydrogen-bond acceptors (Lipinski definition) is 1. The number of hydrogen-bond donors (Lipinski definition) is 0. The molecule has 0 heterocycles. The first-order chi connectivity index (χ1) is 31.8. The van der Waals surface area contributed by atoms with E-state index in [2.05, 4.69) is 262 Å². The molecule has 0 saturated heterocycles. The minimum atomic E-state index is -0.338. The first-order valence-electron chi connectivity index (χ1n) is 22.6. The second kappa shape index (κ2) is 16.6. The van der Waals surface area contributed by atoms with Crippen LogP contribution in [-0.4, -0.2) is 25.8 Å². The molecule has 0 amide bonds. The number of benzene rings is 10. The fourth-order valence-corrected chi connectivity index (χ4v) is 12.5. The van der Waals surface area contributed by atoms with E-state index < -0.39 is 0 Å². The van der Waals surface area contributed by atoms with Crippen LogP contribution < -0.4 is 4.90 Å². The van der Waals surface area contributed by atoms with Gasteiger partial charge in [-0.25, -0.2) is 0 Å². The first kappa shape index (κ1) is 40.9. The van der Waals surface area contributed by atoms with E-state index in [1.54, 1.807) is 0 Å². The molecule has 1 aliphatic rings. The van der Waals surface area contributed by atoms with Crippen LogP contribution in [0.3, 0.4) is 0 Å². The molecule has 0 spiro atoms. The minimum absolute atomic E-state index is 0.0715. The van der Waals surface area contributed by atoms with Crippen LogP contribution in [-0.2, 0) is 8.39 Å². The summed E-state index contributed by atoms with van der Waals surface area (Å²) < 4.78 is -0.338. The predicted molar refractivity (Wildman–Crippen MR) is 277 cm³/mol. The van der Waals surface area contributed by atoms with Gasteiger partial charge < -0.3 is 0 Å². The molecule has 0 N–H and O–H groups in total. The van der Waals surface area contributed by atoms with Gasteiger partial charge in [-0.05, 0) is 0 Å². The Morgan fingerprint density at radius 2 is 0.862 bits per heavy atom. The molecule has 11 rings (SSSR count). The SMILES string of the molecule is CC(C)(C)c1ccc(-c2ccc(-c3ccccc3)c3c2-c2ccc(N(c4ccc(-c5ccccc5)cc4)c4ccc(-c5cccc6ccccc56)cc4)cc2[C]3([Pb])c2ccccc2)cc1. The summed E-state index contributed by atoms with van der Waals surface area (Å²) in [5, 5.41) is 2.51. The van der Waals surface area contributed by atoms with Gasteiger partial charge in [-0.1, -0.05) is 30.3 Å². The van der Waals surface area contributed by atoms with Crippen molar-refractivity contribution in [2.24, 2.45) is 0 Å². The van der Waals surface area contributed by atoms with Crippen LogP contribution in [0, 0.1) is 0 Å². The van der Waals surface area contributed by atoms with Crippen molar-refractivity contribution in [3.8, 4) is 55.6 Å². The average molecular weight is 1030 g/mol. The van der Waals surface area contributed by atoms with E-state index in [1.807, 2.05) is 0 Å². The van der Waals surface area contributed by atoms with Gasteiger partial charge in [0.2, 0.25) is 0 Å². The van der Waals surface area contributed by atoms with Crippen molar-refractivity contribution in [3.05, 3.63) is 259 Å². The Labute approximate surface area is 399 Å². The Hall–Kier alpha value is -6.82. The molecule has 1 unspecified atom stereocenters. The van der Waals surface area contributed by atoms with Gasteiger partial charge in [-0.2, -0.15) is 0 Å². The molecule has 10 aromatic carbocycles. The van der Waals surface area contributed by atoms with Gasteiger partial charge in [0.05, 0.1) is 0 Å².